The van der Waals surface area contributed by atoms with Crippen molar-refractivity contribution in [1.82, 2.24) is 9.88 Å². The van der Waals surface area contributed by atoms with E-state index in [0.717, 1.165) is 36.8 Å². The van der Waals surface area contributed by atoms with Crippen molar-refractivity contribution in [3.05, 3.63) is 66.4 Å². The maximum Gasteiger partial charge on any atom is 0.414 e. The minimum Gasteiger partial charge on any atom is -0.493 e. The number of fused-ring (bicyclic) bond motifs is 1. The molecule has 7 nitrogen and oxygen atoms in total. The predicted octanol–water partition coefficient (Wildman–Crippen LogP) is 3.97. The van der Waals surface area contributed by atoms with Crippen LogP contribution in [0.3, 0.4) is 0 Å². The minimum absolute atomic E-state index is 0.736. The van der Waals surface area contributed by atoms with E-state index >= 15 is 0 Å². The number of aromatic nitrogens is 1. The third kappa shape index (κ3) is 6.58. The lowest BCUT2D eigenvalue weighted by atomic mass is 9.89. The van der Waals surface area contributed by atoms with Gasteiger partial charge in [-0.3, -0.25) is 0 Å². The van der Waals surface area contributed by atoms with E-state index < -0.39 is 11.9 Å². The number of nitrogens with zero attached hydrogens (tertiary/aromatic N) is 1. The summed E-state index contributed by atoms with van der Waals surface area (Å²) in [5, 5.41) is 16.0. The van der Waals surface area contributed by atoms with Crippen LogP contribution in [0.5, 0.6) is 5.75 Å². The highest BCUT2D eigenvalue weighted by Gasteiger charge is 2.19. The first-order chi connectivity index (χ1) is 15.0. The smallest absolute Gasteiger partial charge is 0.414 e. The van der Waals surface area contributed by atoms with Gasteiger partial charge in [0.1, 0.15) is 5.75 Å². The Bertz CT molecular complexity index is 966. The molecule has 164 valence electrons. The van der Waals surface area contributed by atoms with Crippen molar-refractivity contribution >= 4 is 22.8 Å². The third-order valence-electron chi connectivity index (χ3n) is 5.47. The molecular formula is C24H28N2O5. The highest BCUT2D eigenvalue weighted by atomic mass is 16.5. The number of H-pyrrole nitrogens is 1. The van der Waals surface area contributed by atoms with Crippen molar-refractivity contribution in [2.75, 3.05) is 26.2 Å². The van der Waals surface area contributed by atoms with Gasteiger partial charge in [0, 0.05) is 23.6 Å². The van der Waals surface area contributed by atoms with E-state index in [1.165, 1.54) is 36.9 Å². The van der Waals surface area contributed by atoms with Gasteiger partial charge in [0.15, 0.2) is 0 Å². The lowest BCUT2D eigenvalue weighted by Gasteiger charge is -2.32. The quantitative estimate of drug-likeness (QED) is 0.409. The molecule has 0 aliphatic carbocycles. The summed E-state index contributed by atoms with van der Waals surface area (Å²) in [6, 6.07) is 19.2. The van der Waals surface area contributed by atoms with Crippen LogP contribution in [0.1, 0.15) is 30.7 Å². The second-order valence-corrected chi connectivity index (χ2v) is 7.53. The number of benzene rings is 2. The minimum atomic E-state index is -1.82. The van der Waals surface area contributed by atoms with Crippen LogP contribution in [0.2, 0.25) is 0 Å². The Morgan fingerprint density at radius 3 is 2.35 bits per heavy atom. The zero-order valence-electron chi connectivity index (χ0n) is 17.4. The van der Waals surface area contributed by atoms with Crippen LogP contribution in [0.15, 0.2) is 60.8 Å². The summed E-state index contributed by atoms with van der Waals surface area (Å²) in [4.78, 5) is 24.0. The fraction of sp³-hybridized carbons (Fsp3) is 0.333. The largest absolute Gasteiger partial charge is 0.493 e. The second-order valence-electron chi connectivity index (χ2n) is 7.53. The Morgan fingerprint density at radius 1 is 0.968 bits per heavy atom. The number of ether oxygens (including phenoxy) is 1. The maximum absolute atomic E-state index is 9.10. The van der Waals surface area contributed by atoms with Gasteiger partial charge in [0.25, 0.3) is 0 Å². The molecule has 0 amide bonds. The molecule has 1 aliphatic heterocycles. The van der Waals surface area contributed by atoms with Crippen LogP contribution in [0, 0.1) is 0 Å². The number of nitrogens with one attached hydrogen (secondary N) is 1. The van der Waals surface area contributed by atoms with Crippen molar-refractivity contribution in [3.63, 3.8) is 0 Å². The van der Waals surface area contributed by atoms with E-state index in [1.807, 2.05) is 12.3 Å². The van der Waals surface area contributed by atoms with Gasteiger partial charge in [-0.05, 0) is 62.0 Å². The molecule has 31 heavy (non-hydrogen) atoms. The zero-order chi connectivity index (χ0) is 22.1. The molecule has 0 bridgehead atoms. The lowest BCUT2D eigenvalue weighted by molar-refractivity contribution is -0.159. The molecule has 1 aromatic heterocycles. The number of likely N-dealkylation sites (tertiary alicyclic amines) is 1. The Kier molecular flexibility index (Phi) is 8.06. The standard InChI is InChI=1S/C22H26N2O.C2H2O4/c1-2-6-18(7-3-1)19-11-15-24(16-12-19)14-5-17-25-22-9-4-8-21-20(22)10-13-23-21;3-1(4)2(5)6/h1-4,6-10,13,19,23H,5,11-12,14-17H2;(H,3,4)(H,5,6). The molecule has 0 atom stereocenters. The van der Waals surface area contributed by atoms with E-state index in [-0.39, 0.29) is 0 Å². The van der Waals surface area contributed by atoms with Gasteiger partial charge in [-0.25, -0.2) is 9.59 Å². The van der Waals surface area contributed by atoms with Gasteiger partial charge >= 0.3 is 11.9 Å². The van der Waals surface area contributed by atoms with Crippen molar-refractivity contribution in [2.45, 2.75) is 25.2 Å². The summed E-state index contributed by atoms with van der Waals surface area (Å²) < 4.78 is 6.01. The average Bonchev–Trinajstić information content (AvgIpc) is 3.28. The van der Waals surface area contributed by atoms with E-state index in [2.05, 4.69) is 58.4 Å². The van der Waals surface area contributed by atoms with Crippen molar-refractivity contribution in [2.24, 2.45) is 0 Å². The second kappa shape index (κ2) is 11.2. The maximum atomic E-state index is 9.10. The van der Waals surface area contributed by atoms with Gasteiger partial charge in [-0.2, -0.15) is 0 Å². The number of carboxylic acid groups (broad SMARTS) is 2. The van der Waals surface area contributed by atoms with Crippen molar-refractivity contribution < 1.29 is 24.5 Å². The Labute approximate surface area is 181 Å². The summed E-state index contributed by atoms with van der Waals surface area (Å²) in [5.41, 5.74) is 2.64. The molecule has 1 saturated heterocycles. The first-order valence-electron chi connectivity index (χ1n) is 10.5. The Hall–Kier alpha value is -3.32. The molecule has 0 saturated carbocycles. The fourth-order valence-electron chi connectivity index (χ4n) is 3.87. The fourth-order valence-corrected chi connectivity index (χ4v) is 3.87. The first kappa shape index (κ1) is 22.4. The van der Waals surface area contributed by atoms with Crippen molar-refractivity contribution in [1.29, 1.82) is 0 Å². The number of piperidine rings is 1. The summed E-state index contributed by atoms with van der Waals surface area (Å²) in [5.74, 6) is -1.92. The van der Waals surface area contributed by atoms with Gasteiger partial charge in [0.05, 0.1) is 6.61 Å². The summed E-state index contributed by atoms with van der Waals surface area (Å²) >= 11 is 0. The molecule has 3 N–H and O–H groups in total. The monoisotopic (exact) mass is 424 g/mol. The molecule has 2 heterocycles. The SMILES string of the molecule is O=C(O)C(=O)O.c1ccc(C2CCN(CCCOc3cccc4[nH]ccc34)CC2)cc1. The van der Waals surface area contributed by atoms with Crippen LogP contribution in [0.4, 0.5) is 0 Å². The zero-order valence-corrected chi connectivity index (χ0v) is 17.4. The molecule has 3 aromatic rings. The summed E-state index contributed by atoms with van der Waals surface area (Å²) in [6.45, 7) is 4.31. The molecule has 7 heteroatoms. The van der Waals surface area contributed by atoms with Gasteiger partial charge in [-0.1, -0.05) is 36.4 Å². The van der Waals surface area contributed by atoms with Crippen LogP contribution >= 0.6 is 0 Å². The van der Waals surface area contributed by atoms with E-state index in [9.17, 15) is 0 Å². The number of aromatic amines is 1. The molecule has 0 unspecified atom stereocenters. The van der Waals surface area contributed by atoms with Crippen LogP contribution in [-0.2, 0) is 9.59 Å². The summed E-state index contributed by atoms with van der Waals surface area (Å²) in [7, 11) is 0. The number of carbonyl (C=O) groups is 2. The normalized spacial score (nSPS) is 14.6. The topological polar surface area (TPSA) is 103 Å². The number of aliphatic carboxylic acids is 2. The molecule has 0 spiro atoms. The number of rotatable bonds is 6. The van der Waals surface area contributed by atoms with Crippen LogP contribution in [0.25, 0.3) is 10.9 Å². The molecule has 1 aliphatic rings. The van der Waals surface area contributed by atoms with Gasteiger partial charge in [0.2, 0.25) is 0 Å². The third-order valence-corrected chi connectivity index (χ3v) is 5.47. The molecular weight excluding hydrogens is 396 g/mol. The molecule has 0 radical (unpaired) electrons. The first-order valence-corrected chi connectivity index (χ1v) is 10.5. The van der Waals surface area contributed by atoms with Gasteiger partial charge < -0.3 is 24.8 Å². The molecule has 4 rings (SSSR count). The molecule has 2 aromatic carbocycles. The Morgan fingerprint density at radius 2 is 1.68 bits per heavy atom. The van der Waals surface area contributed by atoms with E-state index in [4.69, 9.17) is 24.5 Å². The number of carboxylic acids is 2. The molecule has 1 fully saturated rings. The summed E-state index contributed by atoms with van der Waals surface area (Å²) in [6.07, 6.45) is 5.59. The average molecular weight is 424 g/mol. The Balaban J connectivity index is 0.000000401. The predicted molar refractivity (Wildman–Crippen MR) is 119 cm³/mol. The van der Waals surface area contributed by atoms with Crippen LogP contribution in [-0.4, -0.2) is 58.3 Å². The van der Waals surface area contributed by atoms with E-state index in [0.29, 0.717) is 0 Å². The highest BCUT2D eigenvalue weighted by molar-refractivity contribution is 6.27. The van der Waals surface area contributed by atoms with Gasteiger partial charge in [-0.15, -0.1) is 0 Å². The highest BCUT2D eigenvalue weighted by Crippen LogP contribution is 2.28. The number of hydrogen-bond donors (Lipinski definition) is 3. The lowest BCUT2D eigenvalue weighted by Crippen LogP contribution is -2.34. The van der Waals surface area contributed by atoms with Crippen molar-refractivity contribution in [3.8, 4) is 5.75 Å². The van der Waals surface area contributed by atoms with E-state index in [1.54, 1.807) is 0 Å². The van der Waals surface area contributed by atoms with Crippen LogP contribution < -0.4 is 4.74 Å². The number of hydrogen-bond acceptors (Lipinski definition) is 4.